The fraction of sp³-hybridized carbons (Fsp3) is 0.667. The van der Waals surface area contributed by atoms with E-state index in [0.29, 0.717) is 17.9 Å². The summed E-state index contributed by atoms with van der Waals surface area (Å²) in [6.07, 6.45) is -3.10. The van der Waals surface area contributed by atoms with Crippen LogP contribution in [0.4, 0.5) is 0 Å². The quantitative estimate of drug-likeness (QED) is 0.201. The van der Waals surface area contributed by atoms with Crippen LogP contribution < -0.4 is 9.47 Å². The summed E-state index contributed by atoms with van der Waals surface area (Å²) in [6, 6.07) is 4.01. The van der Waals surface area contributed by atoms with Gasteiger partial charge < -0.3 is 42.8 Å². The van der Waals surface area contributed by atoms with Gasteiger partial charge in [0.2, 0.25) is 6.29 Å². The monoisotopic (exact) mass is 687 g/mol. The zero-order valence-electron chi connectivity index (χ0n) is 29.8. The summed E-state index contributed by atoms with van der Waals surface area (Å²) in [6.45, 7) is 11.4. The average Bonchev–Trinajstić information content (AvgIpc) is 3.32. The Balaban J connectivity index is 1.52. The Morgan fingerprint density at radius 3 is 2.08 bits per heavy atom. The first-order chi connectivity index (χ1) is 23.2. The highest BCUT2D eigenvalue weighted by atomic mass is 16.7. The lowest BCUT2D eigenvalue weighted by molar-refractivity contribution is -0.310. The molecule has 0 radical (unpaired) electrons. The normalized spacial score (nSPS) is 30.6. The molecule has 0 bridgehead atoms. The largest absolute Gasteiger partial charge is 0.493 e. The van der Waals surface area contributed by atoms with Gasteiger partial charge in [0.05, 0.1) is 43.5 Å². The molecule has 0 N–H and O–H groups in total. The Morgan fingerprint density at radius 2 is 1.49 bits per heavy atom. The standard InChI is InChI=1S/C36H49NO12/c1-18(2)31(38)46-27-28(47-32(39)19(3)4)30(48-33(40)20(5)6)35(49-29(27)34(41)43-9)44-22-12-13-36-14-15-37(7)17-21-10-11-23(42-8)26(25(21)36)45-24(36)16-22/h10-13,18-20,22,24,27-30,35H,14-17H2,1-9H3/t22-,24-,27+,28+,29+,30-,35-,36-/m0/s1. The maximum Gasteiger partial charge on any atom is 0.339 e. The summed E-state index contributed by atoms with van der Waals surface area (Å²) in [5, 5.41) is 0. The van der Waals surface area contributed by atoms with Crippen LogP contribution in [0.25, 0.3) is 0 Å². The third-order valence-electron chi connectivity index (χ3n) is 9.54. The molecular weight excluding hydrogens is 638 g/mol. The molecule has 0 saturated carbocycles. The minimum Gasteiger partial charge on any atom is -0.493 e. The lowest BCUT2D eigenvalue weighted by atomic mass is 9.69. The number of rotatable bonds is 10. The molecule has 49 heavy (non-hydrogen) atoms. The summed E-state index contributed by atoms with van der Waals surface area (Å²) in [7, 11) is 4.87. The van der Waals surface area contributed by atoms with Crippen LogP contribution in [-0.2, 0) is 59.6 Å². The summed E-state index contributed by atoms with van der Waals surface area (Å²) in [5.41, 5.74) is 1.84. The Hall–Kier alpha value is -3.68. The van der Waals surface area contributed by atoms with E-state index in [0.717, 1.165) is 37.7 Å². The number of carbonyl (C=O) groups excluding carboxylic acids is 4. The Labute approximate surface area is 287 Å². The second-order valence-corrected chi connectivity index (χ2v) is 14.2. The second-order valence-electron chi connectivity index (χ2n) is 14.2. The Bertz CT molecular complexity index is 1460. The van der Waals surface area contributed by atoms with Gasteiger partial charge >= 0.3 is 23.9 Å². The number of esters is 4. The Kier molecular flexibility index (Phi) is 10.9. The highest BCUT2D eigenvalue weighted by molar-refractivity contribution is 5.78. The van der Waals surface area contributed by atoms with Crippen molar-refractivity contribution in [3.8, 4) is 11.5 Å². The molecule has 1 fully saturated rings. The molecule has 1 saturated heterocycles. The van der Waals surface area contributed by atoms with Gasteiger partial charge in [0.1, 0.15) is 6.10 Å². The maximum absolute atomic E-state index is 13.2. The molecule has 270 valence electrons. The predicted molar refractivity (Wildman–Crippen MR) is 173 cm³/mol. The average molecular weight is 688 g/mol. The third kappa shape index (κ3) is 7.16. The van der Waals surface area contributed by atoms with Crippen LogP contribution in [0.5, 0.6) is 11.5 Å². The molecule has 3 aliphatic heterocycles. The van der Waals surface area contributed by atoms with Gasteiger partial charge in [-0.2, -0.15) is 0 Å². The molecule has 1 aromatic carbocycles. The van der Waals surface area contributed by atoms with Gasteiger partial charge in [-0.3, -0.25) is 14.4 Å². The maximum atomic E-state index is 13.2. The first kappa shape index (κ1) is 36.6. The summed E-state index contributed by atoms with van der Waals surface area (Å²) in [5.74, 6) is -3.26. The molecule has 4 aliphatic rings. The van der Waals surface area contributed by atoms with Crippen LogP contribution in [0.3, 0.4) is 0 Å². The lowest BCUT2D eigenvalue weighted by Gasteiger charge is -2.45. The van der Waals surface area contributed by atoms with E-state index in [4.69, 9.17) is 37.9 Å². The minimum atomic E-state index is -1.56. The molecule has 0 aromatic heterocycles. The zero-order chi connectivity index (χ0) is 35.8. The highest BCUT2D eigenvalue weighted by Gasteiger charge is 2.58. The van der Waals surface area contributed by atoms with Gasteiger partial charge in [0, 0.05) is 18.5 Å². The van der Waals surface area contributed by atoms with E-state index in [-0.39, 0.29) is 6.10 Å². The van der Waals surface area contributed by atoms with Gasteiger partial charge in [0.15, 0.2) is 35.9 Å². The third-order valence-corrected chi connectivity index (χ3v) is 9.54. The Morgan fingerprint density at radius 1 is 0.878 bits per heavy atom. The summed E-state index contributed by atoms with van der Waals surface area (Å²) < 4.78 is 47.6. The van der Waals surface area contributed by atoms with E-state index in [1.165, 1.54) is 0 Å². The highest BCUT2D eigenvalue weighted by Crippen LogP contribution is 2.56. The van der Waals surface area contributed by atoms with E-state index < -0.39 is 83.9 Å². The molecule has 3 heterocycles. The molecule has 1 spiro atoms. The van der Waals surface area contributed by atoms with Gasteiger partial charge in [-0.25, -0.2) is 4.79 Å². The number of ether oxygens (including phenoxy) is 8. The van der Waals surface area contributed by atoms with Crippen molar-refractivity contribution in [1.29, 1.82) is 0 Å². The first-order valence-electron chi connectivity index (χ1n) is 17.0. The molecule has 13 heteroatoms. The molecule has 0 amide bonds. The summed E-state index contributed by atoms with van der Waals surface area (Å²) in [4.78, 5) is 54.6. The van der Waals surface area contributed by atoms with Gasteiger partial charge in [-0.05, 0) is 31.6 Å². The topological polar surface area (TPSA) is 145 Å². The number of hydrogen-bond donors (Lipinski definition) is 0. The number of carbonyl (C=O) groups is 4. The van der Waals surface area contributed by atoms with E-state index in [9.17, 15) is 19.2 Å². The van der Waals surface area contributed by atoms with Crippen LogP contribution in [0.1, 0.15) is 65.5 Å². The fourth-order valence-electron chi connectivity index (χ4n) is 6.76. The predicted octanol–water partition coefficient (Wildman–Crippen LogP) is 3.48. The van der Waals surface area contributed by atoms with Crippen molar-refractivity contribution >= 4 is 23.9 Å². The van der Waals surface area contributed by atoms with Gasteiger partial charge in [0.25, 0.3) is 0 Å². The SMILES string of the molecule is COC(=O)[C@@H]1O[C@H](O[C@H]2C=C[C@@]34CCN(C)Cc5ccc(OC)c(c53)O[C@H]4C2)[C@@H](OC(=O)C(C)C)[C@H](OC(=O)C(C)C)[C@H]1OC(=O)C(C)C. The number of hydrogen-bond acceptors (Lipinski definition) is 13. The van der Waals surface area contributed by atoms with Crippen molar-refractivity contribution in [3.63, 3.8) is 0 Å². The van der Waals surface area contributed by atoms with E-state index in [1.54, 1.807) is 48.7 Å². The van der Waals surface area contributed by atoms with Crippen molar-refractivity contribution in [2.75, 3.05) is 27.8 Å². The number of benzene rings is 1. The van der Waals surface area contributed by atoms with E-state index in [2.05, 4.69) is 24.1 Å². The minimum absolute atomic E-state index is 0.329. The second kappa shape index (κ2) is 14.7. The van der Waals surface area contributed by atoms with Crippen LogP contribution >= 0.6 is 0 Å². The number of nitrogens with zero attached hydrogens (tertiary/aromatic N) is 1. The van der Waals surface area contributed by atoms with Crippen molar-refractivity contribution in [1.82, 2.24) is 4.90 Å². The summed E-state index contributed by atoms with van der Waals surface area (Å²) >= 11 is 0. The fourth-order valence-corrected chi connectivity index (χ4v) is 6.76. The molecular formula is C36H49NO12. The smallest absolute Gasteiger partial charge is 0.339 e. The molecule has 1 aromatic rings. The molecule has 8 atom stereocenters. The molecule has 0 unspecified atom stereocenters. The lowest BCUT2D eigenvalue weighted by Crippen LogP contribution is -2.65. The zero-order valence-corrected chi connectivity index (χ0v) is 29.8. The van der Waals surface area contributed by atoms with Gasteiger partial charge in [-0.1, -0.05) is 59.8 Å². The first-order valence-corrected chi connectivity index (χ1v) is 17.0. The van der Waals surface area contributed by atoms with Crippen molar-refractivity contribution in [3.05, 3.63) is 35.4 Å². The van der Waals surface area contributed by atoms with Crippen molar-refractivity contribution in [2.45, 2.75) is 109 Å². The van der Waals surface area contributed by atoms with Crippen molar-refractivity contribution in [2.24, 2.45) is 17.8 Å². The van der Waals surface area contributed by atoms with Crippen LogP contribution in [0.2, 0.25) is 0 Å². The molecule has 13 nitrogen and oxygen atoms in total. The molecule has 1 aliphatic carbocycles. The molecule has 5 rings (SSSR count). The number of methoxy groups -OCH3 is 2. The van der Waals surface area contributed by atoms with Crippen LogP contribution in [0.15, 0.2) is 24.3 Å². The van der Waals surface area contributed by atoms with Crippen LogP contribution in [-0.4, -0.2) is 99.5 Å². The van der Waals surface area contributed by atoms with Crippen LogP contribution in [0, 0.1) is 17.8 Å². The van der Waals surface area contributed by atoms with Crippen molar-refractivity contribution < 1.29 is 57.1 Å². The van der Waals surface area contributed by atoms with E-state index >= 15 is 0 Å². The van der Waals surface area contributed by atoms with E-state index in [1.807, 2.05) is 12.1 Å². The van der Waals surface area contributed by atoms with Gasteiger partial charge in [-0.15, -0.1) is 0 Å².